The Labute approximate surface area is 94.8 Å². The maximum Gasteiger partial charge on any atom is 0.326 e. The molecule has 0 aromatic carbocycles. The van der Waals surface area contributed by atoms with E-state index in [1.54, 1.807) is 6.92 Å². The van der Waals surface area contributed by atoms with E-state index in [1.165, 1.54) is 0 Å². The number of aliphatic hydroxyl groups is 1. The molecule has 0 radical (unpaired) electrons. The monoisotopic (exact) mass is 232 g/mol. The van der Waals surface area contributed by atoms with Crippen molar-refractivity contribution in [3.63, 3.8) is 0 Å². The molecule has 6 heteroatoms. The first-order valence-electron chi connectivity index (χ1n) is 5.37. The molecule has 6 nitrogen and oxygen atoms in total. The fourth-order valence-corrected chi connectivity index (χ4v) is 1.26. The van der Waals surface area contributed by atoms with E-state index < -0.39 is 12.0 Å². The van der Waals surface area contributed by atoms with Gasteiger partial charge in [-0.25, -0.2) is 4.79 Å². The third kappa shape index (κ3) is 5.67. The Morgan fingerprint density at radius 2 is 2.00 bits per heavy atom. The maximum atomic E-state index is 11.5. The molecule has 0 fully saturated rings. The molecule has 1 amide bonds. The van der Waals surface area contributed by atoms with Crippen LogP contribution >= 0.6 is 0 Å². The van der Waals surface area contributed by atoms with Gasteiger partial charge in [-0.2, -0.15) is 0 Å². The minimum Gasteiger partial charge on any atom is -0.480 e. The van der Waals surface area contributed by atoms with Crippen LogP contribution < -0.4 is 11.1 Å². The van der Waals surface area contributed by atoms with Crippen molar-refractivity contribution in [1.82, 2.24) is 5.32 Å². The molecular formula is C10H20N2O4. The zero-order valence-electron chi connectivity index (χ0n) is 9.48. The highest BCUT2D eigenvalue weighted by Gasteiger charge is 2.21. The second-order valence-corrected chi connectivity index (χ2v) is 3.74. The standard InChI is InChI=1S/C10H20N2O4/c1-7(3-2-5-11)9(14)12-8(4-6-13)10(15)16/h7-8,13H,2-6,11H2,1H3,(H,12,14)(H,15,16)/t7?,8-/m0/s1. The Balaban J connectivity index is 4.12. The van der Waals surface area contributed by atoms with Crippen LogP contribution in [-0.4, -0.2) is 41.3 Å². The fraction of sp³-hybridized carbons (Fsp3) is 0.800. The van der Waals surface area contributed by atoms with Gasteiger partial charge < -0.3 is 21.3 Å². The molecule has 0 saturated carbocycles. The van der Waals surface area contributed by atoms with Gasteiger partial charge in [0.05, 0.1) is 0 Å². The number of hydrogen-bond acceptors (Lipinski definition) is 4. The summed E-state index contributed by atoms with van der Waals surface area (Å²) >= 11 is 0. The molecule has 94 valence electrons. The molecule has 0 aliphatic rings. The molecule has 2 atom stereocenters. The number of nitrogens with two attached hydrogens (primary N) is 1. The SMILES string of the molecule is CC(CCCN)C(=O)N[C@@H](CCO)C(=O)O. The maximum absolute atomic E-state index is 11.5. The molecular weight excluding hydrogens is 212 g/mol. The quantitative estimate of drug-likeness (QED) is 0.442. The van der Waals surface area contributed by atoms with Crippen LogP contribution in [0, 0.1) is 5.92 Å². The fourth-order valence-electron chi connectivity index (χ4n) is 1.26. The van der Waals surface area contributed by atoms with Crippen LogP contribution in [0.1, 0.15) is 26.2 Å². The van der Waals surface area contributed by atoms with Gasteiger partial charge >= 0.3 is 5.97 Å². The Morgan fingerprint density at radius 3 is 2.44 bits per heavy atom. The second kappa shape index (κ2) is 8.06. The van der Waals surface area contributed by atoms with Gasteiger partial charge in [-0.3, -0.25) is 4.79 Å². The van der Waals surface area contributed by atoms with Gasteiger partial charge in [0, 0.05) is 18.9 Å². The van der Waals surface area contributed by atoms with Crippen LogP contribution in [0.2, 0.25) is 0 Å². The number of carboxylic acids is 1. The molecule has 16 heavy (non-hydrogen) atoms. The number of aliphatic carboxylic acids is 1. The van der Waals surface area contributed by atoms with Crippen molar-refractivity contribution >= 4 is 11.9 Å². The summed E-state index contributed by atoms with van der Waals surface area (Å²) < 4.78 is 0. The smallest absolute Gasteiger partial charge is 0.326 e. The first kappa shape index (κ1) is 14.9. The zero-order valence-corrected chi connectivity index (χ0v) is 9.48. The van der Waals surface area contributed by atoms with Crippen molar-refractivity contribution in [3.05, 3.63) is 0 Å². The van der Waals surface area contributed by atoms with Crippen LogP contribution in [0.4, 0.5) is 0 Å². The van der Waals surface area contributed by atoms with E-state index >= 15 is 0 Å². The summed E-state index contributed by atoms with van der Waals surface area (Å²) in [6.07, 6.45) is 1.38. The number of amides is 1. The van der Waals surface area contributed by atoms with Gasteiger partial charge in [0.1, 0.15) is 6.04 Å². The molecule has 0 bridgehead atoms. The molecule has 0 aromatic heterocycles. The van der Waals surface area contributed by atoms with Crippen molar-refractivity contribution in [2.24, 2.45) is 11.7 Å². The number of carbonyl (C=O) groups is 2. The first-order valence-corrected chi connectivity index (χ1v) is 5.37. The third-order valence-electron chi connectivity index (χ3n) is 2.32. The lowest BCUT2D eigenvalue weighted by atomic mass is 10.0. The predicted molar refractivity (Wildman–Crippen MR) is 58.7 cm³/mol. The van der Waals surface area contributed by atoms with E-state index in [1.807, 2.05) is 0 Å². The number of aliphatic hydroxyl groups excluding tert-OH is 1. The van der Waals surface area contributed by atoms with Crippen molar-refractivity contribution in [2.75, 3.05) is 13.2 Å². The van der Waals surface area contributed by atoms with Gasteiger partial charge in [0.15, 0.2) is 0 Å². The molecule has 1 unspecified atom stereocenters. The minimum atomic E-state index is -1.13. The lowest BCUT2D eigenvalue weighted by Gasteiger charge is -2.16. The Hall–Kier alpha value is -1.14. The van der Waals surface area contributed by atoms with E-state index in [0.29, 0.717) is 13.0 Å². The normalized spacial score (nSPS) is 14.2. The largest absolute Gasteiger partial charge is 0.480 e. The van der Waals surface area contributed by atoms with Crippen molar-refractivity contribution < 1.29 is 19.8 Å². The van der Waals surface area contributed by atoms with Crippen molar-refractivity contribution in [3.8, 4) is 0 Å². The number of carboxylic acid groups (broad SMARTS) is 1. The highest BCUT2D eigenvalue weighted by Crippen LogP contribution is 2.05. The van der Waals surface area contributed by atoms with E-state index in [9.17, 15) is 9.59 Å². The van der Waals surface area contributed by atoms with E-state index in [2.05, 4.69) is 5.32 Å². The van der Waals surface area contributed by atoms with E-state index in [4.69, 9.17) is 15.9 Å². The molecule has 5 N–H and O–H groups in total. The van der Waals surface area contributed by atoms with Crippen LogP contribution in [0.15, 0.2) is 0 Å². The number of hydrogen-bond donors (Lipinski definition) is 4. The zero-order chi connectivity index (χ0) is 12.6. The molecule has 0 aromatic rings. The summed E-state index contributed by atoms with van der Waals surface area (Å²) in [6.45, 7) is 1.97. The lowest BCUT2D eigenvalue weighted by molar-refractivity contribution is -0.142. The average Bonchev–Trinajstić information content (AvgIpc) is 2.24. The Bertz CT molecular complexity index is 233. The number of rotatable bonds is 8. The topological polar surface area (TPSA) is 113 Å². The Morgan fingerprint density at radius 1 is 1.38 bits per heavy atom. The summed E-state index contributed by atoms with van der Waals surface area (Å²) in [4.78, 5) is 22.3. The number of carbonyl (C=O) groups excluding carboxylic acids is 1. The minimum absolute atomic E-state index is 0.0185. The first-order chi connectivity index (χ1) is 7.52. The highest BCUT2D eigenvalue weighted by molar-refractivity contribution is 5.84. The van der Waals surface area contributed by atoms with Gasteiger partial charge in [0.2, 0.25) is 5.91 Å². The van der Waals surface area contributed by atoms with Crippen molar-refractivity contribution in [2.45, 2.75) is 32.2 Å². The second-order valence-electron chi connectivity index (χ2n) is 3.74. The van der Waals surface area contributed by atoms with E-state index in [-0.39, 0.29) is 24.9 Å². The van der Waals surface area contributed by atoms with Gasteiger partial charge in [-0.15, -0.1) is 0 Å². The summed E-state index contributed by atoms with van der Waals surface area (Å²) in [5, 5.41) is 19.8. The summed E-state index contributed by atoms with van der Waals surface area (Å²) in [6, 6.07) is -1.02. The summed E-state index contributed by atoms with van der Waals surface area (Å²) in [7, 11) is 0. The van der Waals surface area contributed by atoms with E-state index in [0.717, 1.165) is 6.42 Å². The third-order valence-corrected chi connectivity index (χ3v) is 2.32. The van der Waals surface area contributed by atoms with Gasteiger partial charge in [-0.05, 0) is 19.4 Å². The molecule has 0 aliphatic heterocycles. The Kier molecular flexibility index (Phi) is 7.49. The summed E-state index contributed by atoms with van der Waals surface area (Å²) in [5.41, 5.74) is 5.32. The van der Waals surface area contributed by atoms with Crippen molar-refractivity contribution in [1.29, 1.82) is 0 Å². The molecule has 0 aliphatic carbocycles. The highest BCUT2D eigenvalue weighted by atomic mass is 16.4. The van der Waals surface area contributed by atoms with Crippen LogP contribution in [-0.2, 0) is 9.59 Å². The van der Waals surface area contributed by atoms with Crippen LogP contribution in [0.5, 0.6) is 0 Å². The van der Waals surface area contributed by atoms with Crippen LogP contribution in [0.25, 0.3) is 0 Å². The number of nitrogens with one attached hydrogen (secondary N) is 1. The average molecular weight is 232 g/mol. The summed E-state index contributed by atoms with van der Waals surface area (Å²) in [5.74, 6) is -1.70. The van der Waals surface area contributed by atoms with Gasteiger partial charge in [-0.1, -0.05) is 6.92 Å². The lowest BCUT2D eigenvalue weighted by Crippen LogP contribution is -2.43. The molecule has 0 saturated heterocycles. The van der Waals surface area contributed by atoms with Gasteiger partial charge in [0.25, 0.3) is 0 Å². The molecule has 0 spiro atoms. The van der Waals surface area contributed by atoms with Crippen LogP contribution in [0.3, 0.4) is 0 Å². The predicted octanol–water partition coefficient (Wildman–Crippen LogP) is -0.687. The molecule has 0 heterocycles. The molecule has 0 rings (SSSR count).